The van der Waals surface area contributed by atoms with E-state index in [0.29, 0.717) is 13.2 Å². The molecule has 0 radical (unpaired) electrons. The van der Waals surface area contributed by atoms with Crippen molar-refractivity contribution < 1.29 is 14.6 Å². The van der Waals surface area contributed by atoms with Crippen molar-refractivity contribution in [2.45, 2.75) is 18.9 Å². The summed E-state index contributed by atoms with van der Waals surface area (Å²) < 4.78 is 5.31. The summed E-state index contributed by atoms with van der Waals surface area (Å²) in [6, 6.07) is -0.312. The van der Waals surface area contributed by atoms with Gasteiger partial charge in [0.15, 0.2) is 0 Å². The Kier molecular flexibility index (Phi) is 4.36. The second-order valence-corrected chi connectivity index (χ2v) is 5.07. The number of hydrogen-bond donors (Lipinski definition) is 1. The lowest BCUT2D eigenvalue weighted by Crippen LogP contribution is -2.55. The highest BCUT2D eigenvalue weighted by molar-refractivity contribution is 5.74. The average Bonchev–Trinajstić information content (AvgIpc) is 2.33. The first-order valence-corrected chi connectivity index (χ1v) is 6.41. The molecule has 2 heterocycles. The van der Waals surface area contributed by atoms with Crippen LogP contribution in [0.25, 0.3) is 0 Å². The van der Waals surface area contributed by atoms with Crippen LogP contribution in [0.3, 0.4) is 0 Å². The summed E-state index contributed by atoms with van der Waals surface area (Å²) >= 11 is 0. The number of rotatable bonds is 3. The first-order chi connectivity index (χ1) is 8.18. The Balaban J connectivity index is 1.98. The van der Waals surface area contributed by atoms with Gasteiger partial charge in [-0.1, -0.05) is 0 Å². The lowest BCUT2D eigenvalue weighted by Gasteiger charge is -2.40. The third kappa shape index (κ3) is 3.18. The maximum atomic E-state index is 11.5. The van der Waals surface area contributed by atoms with Crippen molar-refractivity contribution >= 4 is 5.97 Å². The summed E-state index contributed by atoms with van der Waals surface area (Å²) in [6.07, 6.45) is 1.76. The van der Waals surface area contributed by atoms with Gasteiger partial charge >= 0.3 is 5.97 Å². The van der Waals surface area contributed by atoms with Gasteiger partial charge in [-0.2, -0.15) is 0 Å². The van der Waals surface area contributed by atoms with Gasteiger partial charge in [0.1, 0.15) is 6.04 Å². The Labute approximate surface area is 102 Å². The van der Waals surface area contributed by atoms with Crippen LogP contribution in [0.5, 0.6) is 0 Å². The van der Waals surface area contributed by atoms with Crippen LogP contribution in [0.15, 0.2) is 0 Å². The lowest BCUT2D eigenvalue weighted by molar-refractivity contribution is -0.148. The molecule has 5 nitrogen and oxygen atoms in total. The number of nitrogens with zero attached hydrogens (tertiary/aromatic N) is 2. The van der Waals surface area contributed by atoms with Crippen LogP contribution in [0.2, 0.25) is 0 Å². The van der Waals surface area contributed by atoms with E-state index in [9.17, 15) is 9.90 Å². The van der Waals surface area contributed by atoms with Crippen molar-refractivity contribution in [3.63, 3.8) is 0 Å². The Morgan fingerprint density at radius 1 is 1.24 bits per heavy atom. The Morgan fingerprint density at radius 3 is 2.35 bits per heavy atom. The van der Waals surface area contributed by atoms with Crippen LogP contribution in [0.1, 0.15) is 12.8 Å². The van der Waals surface area contributed by atoms with Gasteiger partial charge in [-0.25, -0.2) is 0 Å². The van der Waals surface area contributed by atoms with Crippen LogP contribution in [0.4, 0.5) is 0 Å². The van der Waals surface area contributed by atoms with Crippen LogP contribution in [0, 0.1) is 5.92 Å². The van der Waals surface area contributed by atoms with E-state index >= 15 is 0 Å². The van der Waals surface area contributed by atoms with Crippen LogP contribution in [-0.2, 0) is 9.53 Å². The first-order valence-electron chi connectivity index (χ1n) is 6.41. The number of carboxylic acids is 1. The summed E-state index contributed by atoms with van der Waals surface area (Å²) in [5, 5.41) is 9.45. The molecule has 2 aliphatic rings. The maximum absolute atomic E-state index is 11.5. The zero-order chi connectivity index (χ0) is 12.3. The number of carbonyl (C=O) groups is 1. The molecule has 0 aromatic heterocycles. The number of ether oxygens (including phenoxy) is 1. The van der Waals surface area contributed by atoms with Crippen LogP contribution >= 0.6 is 0 Å². The fourth-order valence-corrected chi connectivity index (χ4v) is 2.79. The van der Waals surface area contributed by atoms with E-state index in [1.54, 1.807) is 0 Å². The Morgan fingerprint density at radius 2 is 1.82 bits per heavy atom. The highest BCUT2D eigenvalue weighted by Gasteiger charge is 2.35. The second kappa shape index (κ2) is 5.80. The quantitative estimate of drug-likeness (QED) is 0.761. The van der Waals surface area contributed by atoms with Crippen molar-refractivity contribution in [3.05, 3.63) is 0 Å². The maximum Gasteiger partial charge on any atom is 0.321 e. The molecule has 1 unspecified atom stereocenters. The molecule has 0 aromatic carbocycles. The smallest absolute Gasteiger partial charge is 0.321 e. The third-order valence-electron chi connectivity index (χ3n) is 3.90. The van der Waals surface area contributed by atoms with E-state index in [1.807, 2.05) is 0 Å². The Bertz CT molecular complexity index is 258. The van der Waals surface area contributed by atoms with E-state index < -0.39 is 5.97 Å². The van der Waals surface area contributed by atoms with E-state index in [-0.39, 0.29) is 12.0 Å². The number of hydrogen-bond acceptors (Lipinski definition) is 4. The molecule has 5 heteroatoms. The fourth-order valence-electron chi connectivity index (χ4n) is 2.79. The van der Waals surface area contributed by atoms with Crippen molar-refractivity contribution in [3.8, 4) is 0 Å². The van der Waals surface area contributed by atoms with E-state index in [1.165, 1.54) is 0 Å². The zero-order valence-corrected chi connectivity index (χ0v) is 10.5. The molecule has 0 aromatic rings. The molecule has 1 atom stereocenters. The fraction of sp³-hybridized carbons (Fsp3) is 0.917. The van der Waals surface area contributed by atoms with E-state index in [4.69, 9.17) is 4.74 Å². The minimum absolute atomic E-state index is 0.254. The third-order valence-corrected chi connectivity index (χ3v) is 3.90. The predicted octanol–water partition coefficient (Wildman–Crippen LogP) is 0.114. The van der Waals surface area contributed by atoms with Gasteiger partial charge in [0.2, 0.25) is 0 Å². The van der Waals surface area contributed by atoms with Gasteiger partial charge < -0.3 is 14.7 Å². The molecule has 98 valence electrons. The number of likely N-dealkylation sites (N-methyl/N-ethyl adjacent to an activating group) is 1. The summed E-state index contributed by atoms with van der Waals surface area (Å²) in [6.45, 7) is 5.08. The van der Waals surface area contributed by atoms with E-state index in [0.717, 1.165) is 39.0 Å². The molecule has 17 heavy (non-hydrogen) atoms. The molecule has 0 aliphatic carbocycles. The molecule has 2 rings (SSSR count). The summed E-state index contributed by atoms with van der Waals surface area (Å²) in [4.78, 5) is 15.9. The molecule has 0 saturated carbocycles. The number of carboxylic acid groups (broad SMARTS) is 1. The van der Waals surface area contributed by atoms with Gasteiger partial charge in [-0.15, -0.1) is 0 Å². The molecular formula is C12H22N2O3. The van der Waals surface area contributed by atoms with Gasteiger partial charge in [-0.05, 0) is 25.8 Å². The normalized spacial score (nSPS) is 26.9. The van der Waals surface area contributed by atoms with Crippen molar-refractivity contribution in [1.29, 1.82) is 0 Å². The molecule has 0 spiro atoms. The van der Waals surface area contributed by atoms with Gasteiger partial charge in [0.05, 0.1) is 0 Å². The molecule has 2 fully saturated rings. The van der Waals surface area contributed by atoms with Gasteiger partial charge in [0, 0.05) is 39.4 Å². The van der Waals surface area contributed by atoms with E-state index in [2.05, 4.69) is 16.8 Å². The SMILES string of the molecule is CN1CCN(C(C(=O)O)C2CCOCC2)CC1. The molecule has 2 saturated heterocycles. The molecule has 0 amide bonds. The van der Waals surface area contributed by atoms with Gasteiger partial charge in [0.25, 0.3) is 0 Å². The van der Waals surface area contributed by atoms with Gasteiger partial charge in [-0.3, -0.25) is 9.69 Å². The predicted molar refractivity (Wildman–Crippen MR) is 64.0 cm³/mol. The standard InChI is InChI=1S/C12H22N2O3/c1-13-4-6-14(7-5-13)11(12(15)16)10-2-8-17-9-3-10/h10-11H,2-9H2,1H3,(H,15,16). The molecule has 0 bridgehead atoms. The minimum Gasteiger partial charge on any atom is -0.480 e. The highest BCUT2D eigenvalue weighted by Crippen LogP contribution is 2.24. The Hall–Kier alpha value is -0.650. The van der Waals surface area contributed by atoms with Crippen molar-refractivity contribution in [1.82, 2.24) is 9.80 Å². The minimum atomic E-state index is -0.665. The van der Waals surface area contributed by atoms with Crippen LogP contribution < -0.4 is 0 Å². The van der Waals surface area contributed by atoms with Crippen molar-refractivity contribution in [2.75, 3.05) is 46.4 Å². The average molecular weight is 242 g/mol. The number of piperazine rings is 1. The molecular weight excluding hydrogens is 220 g/mol. The largest absolute Gasteiger partial charge is 0.480 e. The van der Waals surface area contributed by atoms with Crippen molar-refractivity contribution in [2.24, 2.45) is 5.92 Å². The first kappa shape index (κ1) is 12.8. The zero-order valence-electron chi connectivity index (χ0n) is 10.5. The second-order valence-electron chi connectivity index (χ2n) is 5.07. The topological polar surface area (TPSA) is 53.0 Å². The number of aliphatic carboxylic acids is 1. The monoisotopic (exact) mass is 242 g/mol. The van der Waals surface area contributed by atoms with Crippen LogP contribution in [-0.4, -0.2) is 73.4 Å². The lowest BCUT2D eigenvalue weighted by atomic mass is 9.90. The highest BCUT2D eigenvalue weighted by atomic mass is 16.5. The molecule has 1 N–H and O–H groups in total. The molecule has 2 aliphatic heterocycles. The summed E-state index contributed by atoms with van der Waals surface area (Å²) in [7, 11) is 2.08. The summed E-state index contributed by atoms with van der Waals surface area (Å²) in [5.74, 6) is -0.411. The summed E-state index contributed by atoms with van der Waals surface area (Å²) in [5.41, 5.74) is 0.